The molecule has 4 rings (SSSR count). The van der Waals surface area contributed by atoms with E-state index in [1.54, 1.807) is 17.4 Å². The first-order valence-corrected chi connectivity index (χ1v) is 10.8. The van der Waals surface area contributed by atoms with Gasteiger partial charge in [-0.05, 0) is 53.4 Å². The maximum atomic E-state index is 12.6. The van der Waals surface area contributed by atoms with Gasteiger partial charge in [0.25, 0.3) is 5.91 Å². The van der Waals surface area contributed by atoms with Crippen molar-refractivity contribution in [2.24, 2.45) is 0 Å². The van der Waals surface area contributed by atoms with E-state index in [2.05, 4.69) is 27.0 Å². The Balaban J connectivity index is 1.30. The number of likely N-dealkylation sites (tertiary alicyclic amines) is 1. The number of carbonyl (C=O) groups excluding carboxylic acids is 2. The average molecular weight is 399 g/mol. The highest BCUT2D eigenvalue weighted by atomic mass is 32.1. The number of piperazine rings is 1. The number of anilines is 1. The summed E-state index contributed by atoms with van der Waals surface area (Å²) in [5.74, 6) is 0.0515. The molecule has 2 saturated heterocycles. The molecule has 2 fully saturated rings. The molecule has 2 aliphatic heterocycles. The molecule has 0 aliphatic carbocycles. The third-order valence-electron chi connectivity index (χ3n) is 5.40. The minimum atomic E-state index is -0.0963. The number of amides is 3. The summed E-state index contributed by atoms with van der Waals surface area (Å²) in [5.41, 5.74) is 2.65. The van der Waals surface area contributed by atoms with Crippen LogP contribution in [-0.4, -0.2) is 65.9 Å². The zero-order chi connectivity index (χ0) is 19.3. The summed E-state index contributed by atoms with van der Waals surface area (Å²) in [6.45, 7) is 5.76. The third kappa shape index (κ3) is 4.54. The maximum absolute atomic E-state index is 12.6. The van der Waals surface area contributed by atoms with Crippen molar-refractivity contribution in [3.05, 3.63) is 52.2 Å². The van der Waals surface area contributed by atoms with Crippen LogP contribution in [0.4, 0.5) is 10.5 Å². The summed E-state index contributed by atoms with van der Waals surface area (Å²) in [6, 6.07) is 9.33. The van der Waals surface area contributed by atoms with Crippen molar-refractivity contribution in [3.8, 4) is 0 Å². The quantitative estimate of drug-likeness (QED) is 0.859. The number of carbonyl (C=O) groups is 2. The van der Waals surface area contributed by atoms with Crippen LogP contribution in [0.5, 0.6) is 0 Å². The fourth-order valence-electron chi connectivity index (χ4n) is 3.79. The lowest BCUT2D eigenvalue weighted by molar-refractivity contribution is 0.0793. The molecule has 1 N–H and O–H groups in total. The van der Waals surface area contributed by atoms with Gasteiger partial charge in [-0.3, -0.25) is 9.69 Å². The van der Waals surface area contributed by atoms with Crippen LogP contribution in [0.1, 0.15) is 28.8 Å². The lowest BCUT2D eigenvalue weighted by Gasteiger charge is -2.34. The lowest BCUT2D eigenvalue weighted by atomic mass is 10.1. The van der Waals surface area contributed by atoms with Crippen LogP contribution >= 0.6 is 11.3 Å². The fraction of sp³-hybridized carbons (Fsp3) is 0.429. The van der Waals surface area contributed by atoms with Crippen LogP contribution in [0.25, 0.3) is 0 Å². The van der Waals surface area contributed by atoms with E-state index < -0.39 is 0 Å². The standard InChI is InChI=1S/C21H26N4O2S/c26-20(24-7-1-2-8-24)18-4-3-5-19(14-18)22-21(27)25-11-9-23(10-12-25)15-17-6-13-28-16-17/h3-6,13-14,16H,1-2,7-12,15H2,(H,22,27). The Labute approximate surface area is 169 Å². The molecule has 0 saturated carbocycles. The molecule has 0 spiro atoms. The molecule has 0 bridgehead atoms. The number of urea groups is 1. The second kappa shape index (κ2) is 8.75. The largest absolute Gasteiger partial charge is 0.339 e. The molecule has 28 heavy (non-hydrogen) atoms. The highest BCUT2D eigenvalue weighted by molar-refractivity contribution is 7.07. The fourth-order valence-corrected chi connectivity index (χ4v) is 4.45. The summed E-state index contributed by atoms with van der Waals surface area (Å²) in [5, 5.41) is 7.23. The van der Waals surface area contributed by atoms with E-state index in [0.29, 0.717) is 24.3 Å². The van der Waals surface area contributed by atoms with Crippen LogP contribution in [0.15, 0.2) is 41.1 Å². The van der Waals surface area contributed by atoms with E-state index in [4.69, 9.17) is 0 Å². The summed E-state index contributed by atoms with van der Waals surface area (Å²) < 4.78 is 0. The van der Waals surface area contributed by atoms with Crippen molar-refractivity contribution < 1.29 is 9.59 Å². The predicted octanol–water partition coefficient (Wildman–Crippen LogP) is 3.33. The molecule has 2 aliphatic rings. The first-order chi connectivity index (χ1) is 13.7. The monoisotopic (exact) mass is 398 g/mol. The minimum Gasteiger partial charge on any atom is -0.339 e. The van der Waals surface area contributed by atoms with E-state index >= 15 is 0 Å². The molecule has 3 amide bonds. The molecular weight excluding hydrogens is 372 g/mol. The zero-order valence-corrected chi connectivity index (χ0v) is 16.8. The second-order valence-electron chi connectivity index (χ2n) is 7.41. The van der Waals surface area contributed by atoms with Gasteiger partial charge in [-0.1, -0.05) is 6.07 Å². The lowest BCUT2D eigenvalue weighted by Crippen LogP contribution is -2.49. The number of rotatable bonds is 4. The molecule has 148 valence electrons. The van der Waals surface area contributed by atoms with Crippen LogP contribution in [-0.2, 0) is 6.54 Å². The van der Waals surface area contributed by atoms with E-state index in [9.17, 15) is 9.59 Å². The topological polar surface area (TPSA) is 55.9 Å². The molecule has 0 unspecified atom stereocenters. The van der Waals surface area contributed by atoms with Crippen LogP contribution in [0, 0.1) is 0 Å². The minimum absolute atomic E-state index is 0.0515. The van der Waals surface area contributed by atoms with Gasteiger partial charge >= 0.3 is 6.03 Å². The number of nitrogens with one attached hydrogen (secondary N) is 1. The van der Waals surface area contributed by atoms with E-state index in [0.717, 1.165) is 45.6 Å². The molecule has 0 atom stereocenters. The Bertz CT molecular complexity index is 810. The van der Waals surface area contributed by atoms with Crippen molar-refractivity contribution in [3.63, 3.8) is 0 Å². The van der Waals surface area contributed by atoms with E-state index in [-0.39, 0.29) is 11.9 Å². The Morgan fingerprint density at radius 1 is 0.964 bits per heavy atom. The molecule has 2 aromatic rings. The van der Waals surface area contributed by atoms with Gasteiger partial charge in [0.05, 0.1) is 0 Å². The Hall–Kier alpha value is -2.38. The average Bonchev–Trinajstić information content (AvgIpc) is 3.42. The highest BCUT2D eigenvalue weighted by Crippen LogP contribution is 2.17. The van der Waals surface area contributed by atoms with Crippen molar-refractivity contribution in [2.75, 3.05) is 44.6 Å². The predicted molar refractivity (Wildman–Crippen MR) is 112 cm³/mol. The van der Waals surface area contributed by atoms with Gasteiger partial charge in [-0.15, -0.1) is 0 Å². The summed E-state index contributed by atoms with van der Waals surface area (Å²) in [6.07, 6.45) is 2.14. The Morgan fingerprint density at radius 3 is 2.46 bits per heavy atom. The van der Waals surface area contributed by atoms with Crippen LogP contribution < -0.4 is 5.32 Å². The number of thiophene rings is 1. The van der Waals surface area contributed by atoms with Crippen LogP contribution in [0.3, 0.4) is 0 Å². The molecule has 7 heteroatoms. The Kier molecular flexibility index (Phi) is 5.92. The zero-order valence-electron chi connectivity index (χ0n) is 16.0. The van der Waals surface area contributed by atoms with E-state index in [1.165, 1.54) is 5.56 Å². The summed E-state index contributed by atoms with van der Waals surface area (Å²) in [4.78, 5) is 31.3. The summed E-state index contributed by atoms with van der Waals surface area (Å²) in [7, 11) is 0. The van der Waals surface area contributed by atoms with E-state index in [1.807, 2.05) is 28.0 Å². The van der Waals surface area contributed by atoms with Gasteiger partial charge in [0.15, 0.2) is 0 Å². The molecule has 3 heterocycles. The van der Waals surface area contributed by atoms with Crippen molar-refractivity contribution >= 4 is 29.0 Å². The third-order valence-corrected chi connectivity index (χ3v) is 6.13. The smallest absolute Gasteiger partial charge is 0.321 e. The molecule has 0 radical (unpaired) electrons. The normalized spacial score (nSPS) is 17.7. The Morgan fingerprint density at radius 2 is 1.75 bits per heavy atom. The van der Waals surface area contributed by atoms with Crippen molar-refractivity contribution in [1.82, 2.24) is 14.7 Å². The van der Waals surface area contributed by atoms with Gasteiger partial charge in [0, 0.05) is 57.1 Å². The first-order valence-electron chi connectivity index (χ1n) is 9.88. The SMILES string of the molecule is O=C(Nc1cccc(C(=O)N2CCCC2)c1)N1CCN(Cc2ccsc2)CC1. The summed E-state index contributed by atoms with van der Waals surface area (Å²) >= 11 is 1.72. The van der Waals surface area contributed by atoms with Crippen LogP contribution in [0.2, 0.25) is 0 Å². The second-order valence-corrected chi connectivity index (χ2v) is 8.19. The number of nitrogens with zero attached hydrogens (tertiary/aromatic N) is 3. The van der Waals surface area contributed by atoms with Crippen molar-refractivity contribution in [1.29, 1.82) is 0 Å². The molecule has 1 aromatic carbocycles. The number of hydrogen-bond acceptors (Lipinski definition) is 4. The maximum Gasteiger partial charge on any atom is 0.321 e. The number of hydrogen-bond donors (Lipinski definition) is 1. The first kappa shape index (κ1) is 19.0. The van der Waals surface area contributed by atoms with Gasteiger partial charge in [0.1, 0.15) is 0 Å². The van der Waals surface area contributed by atoms with Gasteiger partial charge in [-0.2, -0.15) is 11.3 Å². The highest BCUT2D eigenvalue weighted by Gasteiger charge is 2.22. The molecule has 1 aromatic heterocycles. The van der Waals surface area contributed by atoms with Gasteiger partial charge in [0.2, 0.25) is 0 Å². The molecular formula is C21H26N4O2S. The van der Waals surface area contributed by atoms with Crippen molar-refractivity contribution in [2.45, 2.75) is 19.4 Å². The van der Waals surface area contributed by atoms with Gasteiger partial charge < -0.3 is 15.1 Å². The number of benzene rings is 1. The molecule has 6 nitrogen and oxygen atoms in total. The van der Waals surface area contributed by atoms with Gasteiger partial charge in [-0.25, -0.2) is 4.79 Å².